The van der Waals surface area contributed by atoms with Gasteiger partial charge in [-0.3, -0.25) is 4.79 Å². The van der Waals surface area contributed by atoms with E-state index in [2.05, 4.69) is 4.98 Å². The number of hydrogen-bond donors (Lipinski definition) is 1. The van der Waals surface area contributed by atoms with Crippen LogP contribution in [0.25, 0.3) is 0 Å². The molecular formula is C7H3ClF3NO2. The first-order valence-electron chi connectivity index (χ1n) is 3.31. The van der Waals surface area contributed by atoms with Gasteiger partial charge in [0.05, 0.1) is 5.56 Å². The number of pyridine rings is 1. The fraction of sp³-hybridized carbons (Fsp3) is 0.143. The zero-order chi connectivity index (χ0) is 10.9. The predicted octanol–water partition coefficient (Wildman–Crippen LogP) is 2.24. The zero-order valence-electron chi connectivity index (χ0n) is 6.47. The van der Waals surface area contributed by atoms with Gasteiger partial charge in [0.2, 0.25) is 5.95 Å². The van der Waals surface area contributed by atoms with Crippen LogP contribution in [0.3, 0.4) is 0 Å². The van der Waals surface area contributed by atoms with Crippen molar-refractivity contribution in [2.24, 2.45) is 0 Å². The molecule has 0 aliphatic carbocycles. The Morgan fingerprint density at radius 3 is 2.57 bits per heavy atom. The van der Waals surface area contributed by atoms with Crippen LogP contribution in [-0.2, 0) is 0 Å². The molecule has 0 unspecified atom stereocenters. The van der Waals surface area contributed by atoms with Crippen molar-refractivity contribution in [3.63, 3.8) is 0 Å². The molecule has 1 aromatic rings. The summed E-state index contributed by atoms with van der Waals surface area (Å²) >= 11 is 4.92. The fourth-order valence-electron chi connectivity index (χ4n) is 0.828. The maximum Gasteiger partial charge on any atom is 0.284 e. The Balaban J connectivity index is 3.40. The Labute approximate surface area is 81.1 Å². The normalized spacial score (nSPS) is 10.6. The van der Waals surface area contributed by atoms with Crippen LogP contribution in [0.4, 0.5) is 13.2 Å². The lowest BCUT2D eigenvalue weighted by atomic mass is 10.2. The molecule has 76 valence electrons. The molecule has 0 spiro atoms. The summed E-state index contributed by atoms with van der Waals surface area (Å²) in [6.07, 6.45) is -3.18. The first-order valence-corrected chi connectivity index (χ1v) is 3.68. The molecule has 1 heterocycles. The van der Waals surface area contributed by atoms with Crippen molar-refractivity contribution in [2.75, 3.05) is 0 Å². The molecule has 1 N–H and O–H groups in total. The molecule has 0 saturated heterocycles. The smallest absolute Gasteiger partial charge is 0.284 e. The number of alkyl halides is 2. The number of rotatable bonds is 2. The fourth-order valence-corrected chi connectivity index (χ4v) is 0.972. The van der Waals surface area contributed by atoms with Crippen molar-refractivity contribution in [3.05, 3.63) is 23.3 Å². The summed E-state index contributed by atoms with van der Waals surface area (Å²) in [6.45, 7) is 0. The third-order valence-corrected chi connectivity index (χ3v) is 1.61. The molecule has 0 aromatic carbocycles. The van der Waals surface area contributed by atoms with Crippen LogP contribution in [-0.4, -0.2) is 15.3 Å². The van der Waals surface area contributed by atoms with Gasteiger partial charge in [0, 0.05) is 6.07 Å². The highest BCUT2D eigenvalue weighted by Gasteiger charge is 2.22. The van der Waals surface area contributed by atoms with Crippen LogP contribution in [0.1, 0.15) is 22.5 Å². The molecule has 0 saturated carbocycles. The molecule has 3 nitrogen and oxygen atoms in total. The standard InChI is InChI=1S/C7H3ClF3NO2/c8-6(14)2-1-3(9)12-4(5(2)13)7(10)11/h1,7,13H. The monoisotopic (exact) mass is 225 g/mol. The van der Waals surface area contributed by atoms with E-state index in [-0.39, 0.29) is 0 Å². The average molecular weight is 226 g/mol. The highest BCUT2D eigenvalue weighted by Crippen LogP contribution is 2.30. The van der Waals surface area contributed by atoms with Gasteiger partial charge in [0.15, 0.2) is 11.4 Å². The lowest BCUT2D eigenvalue weighted by Crippen LogP contribution is -2.00. The number of nitrogens with zero attached hydrogens (tertiary/aromatic N) is 1. The molecule has 14 heavy (non-hydrogen) atoms. The molecule has 0 amide bonds. The van der Waals surface area contributed by atoms with Crippen LogP contribution in [0.2, 0.25) is 0 Å². The van der Waals surface area contributed by atoms with Crippen LogP contribution in [0.5, 0.6) is 5.75 Å². The molecule has 0 atom stereocenters. The quantitative estimate of drug-likeness (QED) is 0.620. The maximum atomic E-state index is 12.6. The third kappa shape index (κ3) is 1.95. The summed E-state index contributed by atoms with van der Waals surface area (Å²) in [5.41, 5.74) is -1.93. The van der Waals surface area contributed by atoms with E-state index < -0.39 is 34.6 Å². The van der Waals surface area contributed by atoms with Crippen molar-refractivity contribution in [2.45, 2.75) is 6.43 Å². The van der Waals surface area contributed by atoms with Crippen LogP contribution < -0.4 is 0 Å². The topological polar surface area (TPSA) is 50.2 Å². The van der Waals surface area contributed by atoms with Crippen molar-refractivity contribution in [3.8, 4) is 5.75 Å². The second-order valence-electron chi connectivity index (χ2n) is 2.30. The first-order chi connectivity index (χ1) is 6.43. The summed E-state index contributed by atoms with van der Waals surface area (Å²) in [6, 6.07) is 0.483. The van der Waals surface area contributed by atoms with Gasteiger partial charge in [-0.25, -0.2) is 13.8 Å². The van der Waals surface area contributed by atoms with E-state index in [4.69, 9.17) is 16.7 Å². The lowest BCUT2D eigenvalue weighted by molar-refractivity contribution is 0.107. The first kappa shape index (κ1) is 10.8. The molecule has 0 aliphatic rings. The van der Waals surface area contributed by atoms with Crippen LogP contribution in [0.15, 0.2) is 6.07 Å². The van der Waals surface area contributed by atoms with E-state index in [0.717, 1.165) is 0 Å². The third-order valence-electron chi connectivity index (χ3n) is 1.41. The highest BCUT2D eigenvalue weighted by molar-refractivity contribution is 6.68. The van der Waals surface area contributed by atoms with Gasteiger partial charge in [0.25, 0.3) is 11.7 Å². The van der Waals surface area contributed by atoms with Crippen molar-refractivity contribution >= 4 is 16.8 Å². The largest absolute Gasteiger partial charge is 0.505 e. The van der Waals surface area contributed by atoms with Crippen molar-refractivity contribution in [1.29, 1.82) is 0 Å². The van der Waals surface area contributed by atoms with Gasteiger partial charge in [-0.15, -0.1) is 0 Å². The van der Waals surface area contributed by atoms with Crippen molar-refractivity contribution in [1.82, 2.24) is 4.98 Å². The molecule has 7 heteroatoms. The molecule has 0 bridgehead atoms. The Hall–Kier alpha value is -1.30. The summed E-state index contributed by atoms with van der Waals surface area (Å²) in [5.74, 6) is -2.40. The minimum Gasteiger partial charge on any atom is -0.505 e. The summed E-state index contributed by atoms with van der Waals surface area (Å²) in [4.78, 5) is 13.3. The molecule has 1 aromatic heterocycles. The average Bonchev–Trinajstić information content (AvgIpc) is 2.07. The number of halogens is 4. The Morgan fingerprint density at radius 2 is 2.14 bits per heavy atom. The van der Waals surface area contributed by atoms with Gasteiger partial charge in [-0.05, 0) is 11.6 Å². The predicted molar refractivity (Wildman–Crippen MR) is 41.0 cm³/mol. The van der Waals surface area contributed by atoms with Gasteiger partial charge < -0.3 is 5.11 Å². The van der Waals surface area contributed by atoms with Crippen LogP contribution >= 0.6 is 11.6 Å². The second kappa shape index (κ2) is 3.83. The lowest BCUT2D eigenvalue weighted by Gasteiger charge is -2.05. The van der Waals surface area contributed by atoms with Gasteiger partial charge in [-0.1, -0.05) is 0 Å². The number of carbonyl (C=O) groups is 1. The highest BCUT2D eigenvalue weighted by atomic mass is 35.5. The zero-order valence-corrected chi connectivity index (χ0v) is 7.23. The molecule has 0 radical (unpaired) electrons. The van der Waals surface area contributed by atoms with E-state index in [1.165, 1.54) is 0 Å². The van der Waals surface area contributed by atoms with E-state index in [9.17, 15) is 18.0 Å². The number of aromatic nitrogens is 1. The molecular weight excluding hydrogens is 223 g/mol. The van der Waals surface area contributed by atoms with Gasteiger partial charge >= 0.3 is 0 Å². The Bertz CT molecular complexity index is 383. The minimum atomic E-state index is -3.18. The Morgan fingerprint density at radius 1 is 1.57 bits per heavy atom. The molecule has 1 rings (SSSR count). The van der Waals surface area contributed by atoms with Gasteiger partial charge in [0.1, 0.15) is 0 Å². The number of hydrogen-bond acceptors (Lipinski definition) is 3. The summed E-state index contributed by atoms with van der Waals surface area (Å²) < 4.78 is 36.8. The van der Waals surface area contributed by atoms with E-state index in [1.807, 2.05) is 0 Å². The van der Waals surface area contributed by atoms with Gasteiger partial charge in [-0.2, -0.15) is 4.39 Å². The summed E-state index contributed by atoms with van der Waals surface area (Å²) in [7, 11) is 0. The SMILES string of the molecule is O=C(Cl)c1cc(F)nc(C(F)F)c1O. The second-order valence-corrected chi connectivity index (χ2v) is 2.64. The van der Waals surface area contributed by atoms with Crippen molar-refractivity contribution < 1.29 is 23.1 Å². The Kier molecular flexibility index (Phi) is 2.95. The number of carbonyl (C=O) groups excluding carboxylic acids is 1. The van der Waals surface area contributed by atoms with E-state index in [1.54, 1.807) is 0 Å². The molecule has 0 fully saturated rings. The maximum absolute atomic E-state index is 12.6. The number of aromatic hydroxyl groups is 1. The van der Waals surface area contributed by atoms with E-state index in [0.29, 0.717) is 6.07 Å². The summed E-state index contributed by atoms with van der Waals surface area (Å²) in [5, 5.41) is 7.81. The van der Waals surface area contributed by atoms with Crippen LogP contribution in [0, 0.1) is 5.95 Å². The molecule has 0 aliphatic heterocycles. The van der Waals surface area contributed by atoms with E-state index >= 15 is 0 Å². The minimum absolute atomic E-state index is 0.483.